The van der Waals surface area contributed by atoms with Crippen molar-refractivity contribution in [3.05, 3.63) is 24.3 Å². The van der Waals surface area contributed by atoms with Crippen molar-refractivity contribution in [3.63, 3.8) is 0 Å². The van der Waals surface area contributed by atoms with Crippen LogP contribution in [0.1, 0.15) is 20.3 Å². The lowest BCUT2D eigenvalue weighted by Crippen LogP contribution is -2.26. The van der Waals surface area contributed by atoms with Crippen molar-refractivity contribution in [1.29, 1.82) is 0 Å². The van der Waals surface area contributed by atoms with E-state index in [0.717, 1.165) is 5.69 Å². The molecule has 0 radical (unpaired) electrons. The molecular weight excluding hydrogens is 234 g/mol. The van der Waals surface area contributed by atoms with Gasteiger partial charge in [-0.05, 0) is 50.8 Å². The lowest BCUT2D eigenvalue weighted by Gasteiger charge is -2.19. The number of anilines is 1. The van der Waals surface area contributed by atoms with E-state index in [1.165, 1.54) is 4.90 Å². The summed E-state index contributed by atoms with van der Waals surface area (Å²) in [5, 5.41) is 12.2. The summed E-state index contributed by atoms with van der Waals surface area (Å²) in [5.41, 5.74) is 0.357. The fraction of sp³-hybridized carbons (Fsp3) is 0.462. The molecule has 3 nitrogen and oxygen atoms in total. The molecule has 0 aromatic heterocycles. The predicted octanol–water partition coefficient (Wildman–Crippen LogP) is 3.32. The van der Waals surface area contributed by atoms with Crippen molar-refractivity contribution < 1.29 is 9.90 Å². The van der Waals surface area contributed by atoms with Crippen molar-refractivity contribution in [2.75, 3.05) is 18.1 Å². The van der Waals surface area contributed by atoms with E-state index in [1.807, 2.05) is 18.4 Å². The molecule has 0 saturated carbocycles. The first-order valence-corrected chi connectivity index (χ1v) is 6.79. The normalized spacial score (nSPS) is 11.2. The van der Waals surface area contributed by atoms with E-state index in [2.05, 4.69) is 17.4 Å². The number of carboxylic acid groups (broad SMARTS) is 1. The van der Waals surface area contributed by atoms with Crippen LogP contribution < -0.4 is 5.32 Å². The van der Waals surface area contributed by atoms with Gasteiger partial charge in [-0.25, -0.2) is 0 Å². The number of carboxylic acids is 1. The van der Waals surface area contributed by atoms with Crippen LogP contribution >= 0.6 is 11.8 Å². The molecule has 0 bridgehead atoms. The highest BCUT2D eigenvalue weighted by molar-refractivity contribution is 7.98. The van der Waals surface area contributed by atoms with Crippen molar-refractivity contribution >= 4 is 23.4 Å². The minimum Gasteiger partial charge on any atom is -0.481 e. The highest BCUT2D eigenvalue weighted by Gasteiger charge is 2.26. The Morgan fingerprint density at radius 2 is 1.94 bits per heavy atom. The van der Waals surface area contributed by atoms with Gasteiger partial charge in [-0.2, -0.15) is 0 Å². The Hall–Kier alpha value is -1.16. The minimum atomic E-state index is -0.753. The summed E-state index contributed by atoms with van der Waals surface area (Å²) >= 11 is 1.70. The maximum atomic E-state index is 10.9. The maximum absolute atomic E-state index is 10.9. The summed E-state index contributed by atoms with van der Waals surface area (Å²) in [6.07, 6.45) is 2.64. The van der Waals surface area contributed by atoms with Gasteiger partial charge in [-0.3, -0.25) is 4.79 Å². The maximum Gasteiger partial charge on any atom is 0.309 e. The van der Waals surface area contributed by atoms with Crippen LogP contribution in [0.15, 0.2) is 29.2 Å². The van der Waals surface area contributed by atoms with Gasteiger partial charge in [0, 0.05) is 17.1 Å². The highest BCUT2D eigenvalue weighted by Crippen LogP contribution is 2.21. The lowest BCUT2D eigenvalue weighted by molar-refractivity contribution is -0.147. The first kappa shape index (κ1) is 13.9. The van der Waals surface area contributed by atoms with Gasteiger partial charge in [0.15, 0.2) is 0 Å². The topological polar surface area (TPSA) is 49.3 Å². The highest BCUT2D eigenvalue weighted by atomic mass is 32.2. The molecule has 1 aromatic rings. The number of aliphatic carboxylic acids is 1. The monoisotopic (exact) mass is 253 g/mol. The van der Waals surface area contributed by atoms with Gasteiger partial charge in [0.25, 0.3) is 0 Å². The Labute approximate surface area is 107 Å². The molecule has 2 N–H and O–H groups in total. The SMILES string of the molecule is CSc1ccc(NCCC(C)(C)C(=O)O)cc1. The number of carbonyl (C=O) groups is 1. The zero-order chi connectivity index (χ0) is 12.9. The second kappa shape index (κ2) is 5.96. The minimum absolute atomic E-state index is 0.604. The first-order valence-electron chi connectivity index (χ1n) is 5.57. The largest absolute Gasteiger partial charge is 0.481 e. The van der Waals surface area contributed by atoms with Crippen LogP contribution in [0.3, 0.4) is 0 Å². The van der Waals surface area contributed by atoms with Crippen LogP contribution in [-0.4, -0.2) is 23.9 Å². The molecule has 17 heavy (non-hydrogen) atoms. The van der Waals surface area contributed by atoms with E-state index in [1.54, 1.807) is 25.6 Å². The van der Waals surface area contributed by atoms with Crippen LogP contribution in [0, 0.1) is 5.41 Å². The summed E-state index contributed by atoms with van der Waals surface area (Å²) in [6, 6.07) is 8.13. The molecule has 0 saturated heterocycles. The zero-order valence-corrected chi connectivity index (χ0v) is 11.3. The van der Waals surface area contributed by atoms with Crippen LogP contribution in [0.5, 0.6) is 0 Å². The second-order valence-corrected chi connectivity index (χ2v) is 5.47. The molecule has 0 amide bonds. The Balaban J connectivity index is 2.43. The summed E-state index contributed by atoms with van der Waals surface area (Å²) in [5.74, 6) is -0.753. The number of nitrogens with one attached hydrogen (secondary N) is 1. The van der Waals surface area contributed by atoms with Crippen molar-refractivity contribution in [2.24, 2.45) is 5.41 Å². The molecule has 0 heterocycles. The summed E-state index contributed by atoms with van der Waals surface area (Å²) in [6.45, 7) is 4.15. The number of rotatable bonds is 6. The van der Waals surface area contributed by atoms with Crippen molar-refractivity contribution in [1.82, 2.24) is 0 Å². The van der Waals surface area contributed by atoms with Gasteiger partial charge in [-0.1, -0.05) is 0 Å². The predicted molar refractivity (Wildman–Crippen MR) is 72.7 cm³/mol. The van der Waals surface area contributed by atoms with E-state index in [4.69, 9.17) is 5.11 Å². The average molecular weight is 253 g/mol. The third kappa shape index (κ3) is 4.30. The van der Waals surface area contributed by atoms with Gasteiger partial charge in [-0.15, -0.1) is 11.8 Å². The molecule has 0 fully saturated rings. The van der Waals surface area contributed by atoms with Crippen LogP contribution in [0.4, 0.5) is 5.69 Å². The molecule has 0 aliphatic carbocycles. The van der Waals surface area contributed by atoms with Crippen LogP contribution in [0.2, 0.25) is 0 Å². The number of hydrogen-bond donors (Lipinski definition) is 2. The quantitative estimate of drug-likeness (QED) is 0.764. The molecule has 0 aliphatic heterocycles. The third-order valence-electron chi connectivity index (χ3n) is 2.75. The molecule has 0 atom stereocenters. The van der Waals surface area contributed by atoms with E-state index in [-0.39, 0.29) is 0 Å². The fourth-order valence-corrected chi connectivity index (χ4v) is 1.74. The van der Waals surface area contributed by atoms with Crippen molar-refractivity contribution in [3.8, 4) is 0 Å². The molecule has 0 spiro atoms. The summed E-state index contributed by atoms with van der Waals surface area (Å²) in [7, 11) is 0. The fourth-order valence-electron chi connectivity index (χ4n) is 1.34. The average Bonchev–Trinajstić information content (AvgIpc) is 2.29. The Morgan fingerprint density at radius 3 is 2.41 bits per heavy atom. The van der Waals surface area contributed by atoms with Gasteiger partial charge < -0.3 is 10.4 Å². The number of thioether (sulfide) groups is 1. The molecular formula is C13H19NO2S. The third-order valence-corrected chi connectivity index (χ3v) is 3.49. The second-order valence-electron chi connectivity index (χ2n) is 4.59. The van der Waals surface area contributed by atoms with E-state index < -0.39 is 11.4 Å². The molecule has 94 valence electrons. The number of hydrogen-bond acceptors (Lipinski definition) is 3. The molecule has 1 rings (SSSR count). The Bertz CT molecular complexity index is 374. The lowest BCUT2D eigenvalue weighted by atomic mass is 9.90. The smallest absolute Gasteiger partial charge is 0.309 e. The summed E-state index contributed by atoms with van der Waals surface area (Å²) < 4.78 is 0. The molecule has 4 heteroatoms. The Morgan fingerprint density at radius 1 is 1.35 bits per heavy atom. The summed E-state index contributed by atoms with van der Waals surface area (Å²) in [4.78, 5) is 12.1. The molecule has 0 unspecified atom stereocenters. The molecule has 0 aliphatic rings. The van der Waals surface area contributed by atoms with E-state index >= 15 is 0 Å². The van der Waals surface area contributed by atoms with Crippen LogP contribution in [-0.2, 0) is 4.79 Å². The van der Waals surface area contributed by atoms with Gasteiger partial charge >= 0.3 is 5.97 Å². The van der Waals surface area contributed by atoms with Gasteiger partial charge in [0.2, 0.25) is 0 Å². The van der Waals surface area contributed by atoms with Crippen LogP contribution in [0.25, 0.3) is 0 Å². The number of benzene rings is 1. The van der Waals surface area contributed by atoms with E-state index in [0.29, 0.717) is 13.0 Å². The first-order chi connectivity index (χ1) is 7.95. The molecule has 1 aromatic carbocycles. The van der Waals surface area contributed by atoms with Crippen molar-refractivity contribution in [2.45, 2.75) is 25.2 Å². The van der Waals surface area contributed by atoms with E-state index in [9.17, 15) is 4.79 Å². The van der Waals surface area contributed by atoms with Gasteiger partial charge in [0.1, 0.15) is 0 Å². The Kier molecular flexibility index (Phi) is 4.87. The standard InChI is InChI=1S/C13H19NO2S/c1-13(2,12(15)16)8-9-14-10-4-6-11(17-3)7-5-10/h4-7,14H,8-9H2,1-3H3,(H,15,16). The zero-order valence-electron chi connectivity index (χ0n) is 10.5. The van der Waals surface area contributed by atoms with Gasteiger partial charge in [0.05, 0.1) is 5.41 Å².